The first-order valence-corrected chi connectivity index (χ1v) is 9.98. The summed E-state index contributed by atoms with van der Waals surface area (Å²) in [5.74, 6) is -0.582. The van der Waals surface area contributed by atoms with Gasteiger partial charge in [0.15, 0.2) is 0 Å². The average molecular weight is 486 g/mol. The maximum absolute atomic E-state index is 13.8. The Kier molecular flexibility index (Phi) is 7.23. The number of amides is 1. The lowest BCUT2D eigenvalue weighted by Crippen LogP contribution is -2.13. The summed E-state index contributed by atoms with van der Waals surface area (Å²) in [6, 6.07) is 19.9. The molecule has 1 N–H and O–H groups in total. The van der Waals surface area contributed by atoms with Gasteiger partial charge in [0.2, 0.25) is 0 Å². The molecule has 0 aromatic heterocycles. The van der Waals surface area contributed by atoms with E-state index in [2.05, 4.69) is 21.2 Å². The Labute approximate surface area is 186 Å². The van der Waals surface area contributed by atoms with Gasteiger partial charge in [-0.2, -0.15) is 5.26 Å². The van der Waals surface area contributed by atoms with Gasteiger partial charge in [0.1, 0.15) is 29.8 Å². The fourth-order valence-electron chi connectivity index (χ4n) is 2.57. The third-order valence-electron chi connectivity index (χ3n) is 4.08. The van der Waals surface area contributed by atoms with E-state index >= 15 is 0 Å². The van der Waals surface area contributed by atoms with Crippen LogP contribution in [0.25, 0.3) is 6.08 Å². The number of nitrogens with zero attached hydrogens (tertiary/aromatic N) is 1. The largest absolute Gasteiger partial charge is 0.488 e. The molecular formula is C23H15BrClFN2O2. The second-order valence-corrected chi connectivity index (χ2v) is 7.55. The molecule has 0 aliphatic heterocycles. The van der Waals surface area contributed by atoms with E-state index in [1.165, 1.54) is 12.1 Å². The second kappa shape index (κ2) is 10.1. The SMILES string of the molecule is N#C/C(=C\c1cc(Cl)ccc1OCc1ccccc1F)C(=O)Nc1ccc(Br)cc1. The number of benzene rings is 3. The van der Waals surface area contributed by atoms with Gasteiger partial charge in [-0.05, 0) is 54.6 Å². The normalized spacial score (nSPS) is 10.9. The Balaban J connectivity index is 1.83. The van der Waals surface area contributed by atoms with E-state index in [9.17, 15) is 14.4 Å². The van der Waals surface area contributed by atoms with Gasteiger partial charge in [-0.25, -0.2) is 4.39 Å². The van der Waals surface area contributed by atoms with Crippen molar-refractivity contribution in [3.63, 3.8) is 0 Å². The number of ether oxygens (including phenoxy) is 1. The van der Waals surface area contributed by atoms with Crippen LogP contribution < -0.4 is 10.1 Å². The first-order chi connectivity index (χ1) is 14.5. The molecule has 0 spiro atoms. The van der Waals surface area contributed by atoms with Gasteiger partial charge in [0.25, 0.3) is 5.91 Å². The molecule has 0 unspecified atom stereocenters. The lowest BCUT2D eigenvalue weighted by atomic mass is 10.1. The third kappa shape index (κ3) is 5.69. The van der Waals surface area contributed by atoms with Gasteiger partial charge in [-0.15, -0.1) is 0 Å². The highest BCUT2D eigenvalue weighted by Crippen LogP contribution is 2.27. The van der Waals surface area contributed by atoms with Crippen molar-refractivity contribution in [3.8, 4) is 11.8 Å². The topological polar surface area (TPSA) is 62.1 Å². The first kappa shape index (κ1) is 21.6. The molecule has 0 aliphatic carbocycles. The van der Waals surface area contributed by atoms with Gasteiger partial charge in [0.05, 0.1) is 0 Å². The van der Waals surface area contributed by atoms with E-state index in [-0.39, 0.29) is 18.0 Å². The quantitative estimate of drug-likeness (QED) is 0.326. The molecule has 3 aromatic rings. The highest BCUT2D eigenvalue weighted by atomic mass is 79.9. The molecule has 3 rings (SSSR count). The summed E-state index contributed by atoms with van der Waals surface area (Å²) in [7, 11) is 0. The summed E-state index contributed by atoms with van der Waals surface area (Å²) < 4.78 is 20.4. The summed E-state index contributed by atoms with van der Waals surface area (Å²) in [6.45, 7) is -0.0118. The number of carbonyl (C=O) groups is 1. The van der Waals surface area contributed by atoms with Gasteiger partial charge >= 0.3 is 0 Å². The molecule has 0 heterocycles. The monoisotopic (exact) mass is 484 g/mol. The predicted molar refractivity (Wildman–Crippen MR) is 119 cm³/mol. The van der Waals surface area contributed by atoms with Crippen molar-refractivity contribution in [1.29, 1.82) is 5.26 Å². The smallest absolute Gasteiger partial charge is 0.266 e. The zero-order valence-corrected chi connectivity index (χ0v) is 17.9. The van der Waals surface area contributed by atoms with E-state index < -0.39 is 5.91 Å². The lowest BCUT2D eigenvalue weighted by molar-refractivity contribution is -0.112. The Bertz CT molecular complexity index is 1140. The van der Waals surface area contributed by atoms with Crippen LogP contribution in [-0.2, 0) is 11.4 Å². The van der Waals surface area contributed by atoms with Crippen LogP contribution in [0.5, 0.6) is 5.75 Å². The van der Waals surface area contributed by atoms with E-state index in [4.69, 9.17) is 16.3 Å². The Hall–Kier alpha value is -3.14. The van der Waals surface area contributed by atoms with Crippen molar-refractivity contribution in [1.82, 2.24) is 0 Å². The van der Waals surface area contributed by atoms with Crippen LogP contribution in [0.3, 0.4) is 0 Å². The number of anilines is 1. The number of rotatable bonds is 6. The van der Waals surface area contributed by atoms with Crippen molar-refractivity contribution < 1.29 is 13.9 Å². The van der Waals surface area contributed by atoms with Crippen LogP contribution >= 0.6 is 27.5 Å². The molecule has 3 aromatic carbocycles. The first-order valence-electron chi connectivity index (χ1n) is 8.81. The average Bonchev–Trinajstić information content (AvgIpc) is 2.74. The summed E-state index contributed by atoms with van der Waals surface area (Å²) in [5, 5.41) is 12.5. The van der Waals surface area contributed by atoms with Crippen LogP contribution in [-0.4, -0.2) is 5.91 Å². The molecule has 4 nitrogen and oxygen atoms in total. The minimum Gasteiger partial charge on any atom is -0.488 e. The maximum atomic E-state index is 13.8. The predicted octanol–water partition coefficient (Wildman–Crippen LogP) is 6.37. The van der Waals surface area contributed by atoms with Crippen LogP contribution in [0.2, 0.25) is 5.02 Å². The molecule has 0 bridgehead atoms. The summed E-state index contributed by atoms with van der Waals surface area (Å²) >= 11 is 9.40. The molecule has 0 saturated carbocycles. The highest BCUT2D eigenvalue weighted by molar-refractivity contribution is 9.10. The standard InChI is InChI=1S/C23H15BrClFN2O2/c24-18-5-8-20(9-6-18)28-23(29)17(13-27)11-16-12-19(25)7-10-22(16)30-14-15-3-1-2-4-21(15)26/h1-12H,14H2,(H,28,29)/b17-11+. The minimum absolute atomic E-state index is 0.0118. The van der Waals surface area contributed by atoms with E-state index in [1.54, 1.807) is 60.7 Å². The van der Waals surface area contributed by atoms with Crippen LogP contribution in [0.4, 0.5) is 10.1 Å². The second-order valence-electron chi connectivity index (χ2n) is 6.19. The Morgan fingerprint density at radius 1 is 1.17 bits per heavy atom. The number of hydrogen-bond acceptors (Lipinski definition) is 3. The van der Waals surface area contributed by atoms with Crippen molar-refractivity contribution in [3.05, 3.63) is 98.7 Å². The van der Waals surface area contributed by atoms with Crippen LogP contribution in [0, 0.1) is 17.1 Å². The van der Waals surface area contributed by atoms with E-state index in [1.807, 2.05) is 6.07 Å². The molecular weight excluding hydrogens is 471 g/mol. The molecule has 0 saturated heterocycles. The van der Waals surface area contributed by atoms with Crippen LogP contribution in [0.1, 0.15) is 11.1 Å². The zero-order chi connectivity index (χ0) is 21.5. The van der Waals surface area contributed by atoms with Crippen LogP contribution in [0.15, 0.2) is 76.8 Å². The van der Waals surface area contributed by atoms with E-state index in [0.29, 0.717) is 27.6 Å². The molecule has 0 atom stereocenters. The third-order valence-corrected chi connectivity index (χ3v) is 4.84. The van der Waals surface area contributed by atoms with Gasteiger partial charge in [0, 0.05) is 26.3 Å². The molecule has 7 heteroatoms. The van der Waals surface area contributed by atoms with Gasteiger partial charge in [-0.1, -0.05) is 45.7 Å². The number of halogens is 3. The minimum atomic E-state index is -0.570. The Morgan fingerprint density at radius 2 is 1.90 bits per heavy atom. The van der Waals surface area contributed by atoms with Crippen molar-refractivity contribution in [2.75, 3.05) is 5.32 Å². The molecule has 0 aliphatic rings. The van der Waals surface area contributed by atoms with Gasteiger partial charge < -0.3 is 10.1 Å². The molecule has 0 fully saturated rings. The molecule has 150 valence electrons. The number of carbonyl (C=O) groups excluding carboxylic acids is 1. The van der Waals surface area contributed by atoms with Crippen molar-refractivity contribution in [2.24, 2.45) is 0 Å². The fraction of sp³-hybridized carbons (Fsp3) is 0.0435. The zero-order valence-electron chi connectivity index (χ0n) is 15.5. The lowest BCUT2D eigenvalue weighted by Gasteiger charge is -2.11. The van der Waals surface area contributed by atoms with Gasteiger partial charge in [-0.3, -0.25) is 4.79 Å². The molecule has 1 amide bonds. The molecule has 30 heavy (non-hydrogen) atoms. The fourth-order valence-corrected chi connectivity index (χ4v) is 3.02. The number of nitrogens with one attached hydrogen (secondary N) is 1. The summed E-state index contributed by atoms with van der Waals surface area (Å²) in [5.41, 5.74) is 1.24. The maximum Gasteiger partial charge on any atom is 0.266 e. The Morgan fingerprint density at radius 3 is 2.60 bits per heavy atom. The summed E-state index contributed by atoms with van der Waals surface area (Å²) in [4.78, 5) is 12.5. The highest BCUT2D eigenvalue weighted by Gasteiger charge is 2.13. The number of hydrogen-bond donors (Lipinski definition) is 1. The van der Waals surface area contributed by atoms with E-state index in [0.717, 1.165) is 4.47 Å². The number of nitriles is 1. The summed E-state index contributed by atoms with van der Waals surface area (Å²) in [6.07, 6.45) is 1.39. The molecule has 0 radical (unpaired) electrons. The van der Waals surface area contributed by atoms with Crippen molar-refractivity contribution in [2.45, 2.75) is 6.61 Å². The van der Waals surface area contributed by atoms with Crippen molar-refractivity contribution >= 4 is 45.2 Å².